The number of nitrogens with zero attached hydrogens (tertiary/aromatic N) is 1. The molecule has 1 atom stereocenters. The second kappa shape index (κ2) is 8.52. The van der Waals surface area contributed by atoms with Crippen LogP contribution in [0, 0.1) is 16.7 Å². The fourth-order valence-electron chi connectivity index (χ4n) is 4.15. The van der Waals surface area contributed by atoms with Gasteiger partial charge in [0, 0.05) is 31.5 Å². The summed E-state index contributed by atoms with van der Waals surface area (Å²) in [6, 6.07) is 0. The fraction of sp³-hybridized carbons (Fsp3) is 0.900. The van der Waals surface area contributed by atoms with Gasteiger partial charge in [-0.3, -0.25) is 9.59 Å². The number of hydrogen-bond donors (Lipinski definition) is 2. The average molecular weight is 352 g/mol. The maximum absolute atomic E-state index is 12.9. The lowest BCUT2D eigenvalue weighted by atomic mass is 9.71. The quantitative estimate of drug-likeness (QED) is 0.799. The van der Waals surface area contributed by atoms with Gasteiger partial charge in [-0.25, -0.2) is 0 Å². The number of amides is 2. The van der Waals surface area contributed by atoms with Crippen LogP contribution < -0.4 is 11.1 Å². The first kappa shape index (κ1) is 20.2. The molecule has 0 bridgehead atoms. The summed E-state index contributed by atoms with van der Waals surface area (Å²) < 4.78 is 0. The van der Waals surface area contributed by atoms with Crippen LogP contribution in [0.4, 0.5) is 0 Å². The molecule has 1 aliphatic carbocycles. The van der Waals surface area contributed by atoms with E-state index in [1.54, 1.807) is 0 Å². The molecular formula is C20H37N3O2. The van der Waals surface area contributed by atoms with E-state index < -0.39 is 0 Å². The molecule has 1 heterocycles. The van der Waals surface area contributed by atoms with Gasteiger partial charge in [0.25, 0.3) is 0 Å². The van der Waals surface area contributed by atoms with Gasteiger partial charge in [0.1, 0.15) is 0 Å². The van der Waals surface area contributed by atoms with Crippen LogP contribution in [0.5, 0.6) is 0 Å². The predicted octanol–water partition coefficient (Wildman–Crippen LogP) is 2.69. The summed E-state index contributed by atoms with van der Waals surface area (Å²) in [6.07, 6.45) is 8.56. The van der Waals surface area contributed by atoms with Gasteiger partial charge >= 0.3 is 0 Å². The summed E-state index contributed by atoms with van der Waals surface area (Å²) in [5, 5.41) is 3.05. The Morgan fingerprint density at radius 1 is 1.16 bits per heavy atom. The third kappa shape index (κ3) is 5.70. The Morgan fingerprint density at radius 2 is 1.84 bits per heavy atom. The summed E-state index contributed by atoms with van der Waals surface area (Å²) in [5.74, 6) is 0.712. The van der Waals surface area contributed by atoms with E-state index in [-0.39, 0.29) is 22.6 Å². The topological polar surface area (TPSA) is 75.4 Å². The number of carbonyl (C=O) groups is 2. The van der Waals surface area contributed by atoms with Gasteiger partial charge in [-0.1, -0.05) is 40.0 Å². The number of nitrogens with one attached hydrogen (secondary N) is 1. The van der Waals surface area contributed by atoms with Crippen molar-refractivity contribution in [3.63, 3.8) is 0 Å². The molecule has 25 heavy (non-hydrogen) atoms. The second-order valence-corrected chi connectivity index (χ2v) is 9.25. The number of likely N-dealkylation sites (tertiary alicyclic amines) is 1. The average Bonchev–Trinajstić information content (AvgIpc) is 2.59. The molecule has 1 saturated carbocycles. The Kier molecular flexibility index (Phi) is 6.89. The van der Waals surface area contributed by atoms with E-state index in [0.29, 0.717) is 25.4 Å². The van der Waals surface area contributed by atoms with Crippen molar-refractivity contribution in [1.29, 1.82) is 0 Å². The zero-order valence-corrected chi connectivity index (χ0v) is 16.4. The molecule has 3 N–H and O–H groups in total. The molecule has 2 rings (SSSR count). The second-order valence-electron chi connectivity index (χ2n) is 9.25. The van der Waals surface area contributed by atoms with Crippen LogP contribution in [0.15, 0.2) is 0 Å². The van der Waals surface area contributed by atoms with Gasteiger partial charge < -0.3 is 16.0 Å². The van der Waals surface area contributed by atoms with Crippen LogP contribution in [-0.2, 0) is 9.59 Å². The molecule has 2 amide bonds. The number of nitrogens with two attached hydrogens (primary N) is 1. The van der Waals surface area contributed by atoms with Crippen molar-refractivity contribution >= 4 is 11.8 Å². The molecule has 144 valence electrons. The third-order valence-electron chi connectivity index (χ3n) is 5.98. The Bertz CT molecular complexity index is 464. The molecule has 0 aromatic rings. The molecule has 1 unspecified atom stereocenters. The van der Waals surface area contributed by atoms with Crippen molar-refractivity contribution in [2.45, 2.75) is 72.1 Å². The summed E-state index contributed by atoms with van der Waals surface area (Å²) >= 11 is 0. The molecule has 2 fully saturated rings. The van der Waals surface area contributed by atoms with E-state index in [9.17, 15) is 9.59 Å². The van der Waals surface area contributed by atoms with Gasteiger partial charge in [0.2, 0.25) is 11.8 Å². The van der Waals surface area contributed by atoms with E-state index in [1.807, 2.05) is 25.7 Å². The highest BCUT2D eigenvalue weighted by atomic mass is 16.2. The lowest BCUT2D eigenvalue weighted by Gasteiger charge is -2.39. The van der Waals surface area contributed by atoms with Gasteiger partial charge in [-0.05, 0) is 43.6 Å². The Morgan fingerprint density at radius 3 is 2.44 bits per heavy atom. The van der Waals surface area contributed by atoms with Crippen molar-refractivity contribution in [3.8, 4) is 0 Å². The van der Waals surface area contributed by atoms with Crippen LogP contribution in [0.3, 0.4) is 0 Å². The highest BCUT2D eigenvalue weighted by Crippen LogP contribution is 2.39. The Balaban J connectivity index is 1.85. The first-order chi connectivity index (χ1) is 11.8. The highest BCUT2D eigenvalue weighted by Gasteiger charge is 2.35. The van der Waals surface area contributed by atoms with Crippen molar-refractivity contribution in [3.05, 3.63) is 0 Å². The Labute approximate surface area is 153 Å². The fourth-order valence-corrected chi connectivity index (χ4v) is 4.15. The van der Waals surface area contributed by atoms with Crippen molar-refractivity contribution in [2.75, 3.05) is 26.2 Å². The van der Waals surface area contributed by atoms with Crippen molar-refractivity contribution < 1.29 is 9.59 Å². The van der Waals surface area contributed by atoms with Crippen LogP contribution >= 0.6 is 0 Å². The largest absolute Gasteiger partial charge is 0.355 e. The smallest absolute Gasteiger partial charge is 0.225 e. The number of carbonyl (C=O) groups excluding carboxylic acids is 2. The maximum Gasteiger partial charge on any atom is 0.225 e. The van der Waals surface area contributed by atoms with E-state index in [2.05, 4.69) is 5.32 Å². The van der Waals surface area contributed by atoms with Crippen LogP contribution in [-0.4, -0.2) is 42.9 Å². The van der Waals surface area contributed by atoms with Gasteiger partial charge in [0.05, 0.1) is 0 Å². The maximum atomic E-state index is 12.9. The minimum atomic E-state index is -0.362. The molecule has 0 radical (unpaired) electrons. The number of rotatable bonds is 5. The van der Waals surface area contributed by atoms with Crippen LogP contribution in [0.2, 0.25) is 0 Å². The summed E-state index contributed by atoms with van der Waals surface area (Å²) in [5.41, 5.74) is 5.71. The summed E-state index contributed by atoms with van der Waals surface area (Å²) in [4.78, 5) is 26.9. The molecule has 0 aromatic carbocycles. The minimum Gasteiger partial charge on any atom is -0.355 e. The highest BCUT2D eigenvalue weighted by molar-refractivity contribution is 5.81. The normalized spacial score (nSPS) is 24.0. The standard InChI is InChI=1S/C20H37N3O2/c1-19(2,3)18(25)22-13-16-8-7-11-23(14-16)17(24)12-20(15-21)9-5-4-6-10-20/h16H,4-15,21H2,1-3H3,(H,22,25). The van der Waals surface area contributed by atoms with E-state index >= 15 is 0 Å². The van der Waals surface area contributed by atoms with E-state index in [0.717, 1.165) is 38.8 Å². The molecule has 2 aliphatic rings. The SMILES string of the molecule is CC(C)(C)C(=O)NCC1CCCN(C(=O)CC2(CN)CCCCC2)C1. The molecule has 0 spiro atoms. The first-order valence-corrected chi connectivity index (χ1v) is 10.0. The van der Waals surface area contributed by atoms with Gasteiger partial charge in [-0.2, -0.15) is 0 Å². The monoisotopic (exact) mass is 351 g/mol. The zero-order valence-electron chi connectivity index (χ0n) is 16.4. The Hall–Kier alpha value is -1.10. The van der Waals surface area contributed by atoms with Crippen LogP contribution in [0.25, 0.3) is 0 Å². The summed E-state index contributed by atoms with van der Waals surface area (Å²) in [7, 11) is 0. The van der Waals surface area contributed by atoms with Gasteiger partial charge in [0.15, 0.2) is 0 Å². The lowest BCUT2D eigenvalue weighted by Crippen LogP contribution is -2.47. The zero-order chi connectivity index (χ0) is 18.5. The third-order valence-corrected chi connectivity index (χ3v) is 5.98. The molecule has 1 saturated heterocycles. The lowest BCUT2D eigenvalue weighted by molar-refractivity contribution is -0.136. The predicted molar refractivity (Wildman–Crippen MR) is 101 cm³/mol. The number of hydrogen-bond acceptors (Lipinski definition) is 3. The van der Waals surface area contributed by atoms with Crippen LogP contribution in [0.1, 0.15) is 72.1 Å². The van der Waals surface area contributed by atoms with Gasteiger partial charge in [-0.15, -0.1) is 0 Å². The minimum absolute atomic E-state index is 0.0305. The molecular weight excluding hydrogens is 314 g/mol. The van der Waals surface area contributed by atoms with E-state index in [1.165, 1.54) is 19.3 Å². The summed E-state index contributed by atoms with van der Waals surface area (Å²) in [6.45, 7) is 8.69. The molecule has 0 aromatic heterocycles. The van der Waals surface area contributed by atoms with Crippen molar-refractivity contribution in [1.82, 2.24) is 10.2 Å². The first-order valence-electron chi connectivity index (χ1n) is 10.0. The molecule has 1 aliphatic heterocycles. The molecule has 5 nitrogen and oxygen atoms in total. The van der Waals surface area contributed by atoms with Crippen molar-refractivity contribution in [2.24, 2.45) is 22.5 Å². The van der Waals surface area contributed by atoms with E-state index in [4.69, 9.17) is 5.73 Å². The number of piperidine rings is 1. The molecule has 5 heteroatoms.